The van der Waals surface area contributed by atoms with Crippen LogP contribution in [0.2, 0.25) is 0 Å². The highest BCUT2D eigenvalue weighted by Gasteiger charge is 2.47. The first-order valence-electron chi connectivity index (χ1n) is 5.73. The minimum Gasteiger partial charge on any atom is -0.441 e. The van der Waals surface area contributed by atoms with Gasteiger partial charge in [0.15, 0.2) is 11.5 Å². The van der Waals surface area contributed by atoms with Crippen LogP contribution in [0, 0.1) is 12.3 Å². The molecule has 0 amide bonds. The predicted octanol–water partition coefficient (Wildman–Crippen LogP) is 3.21. The van der Waals surface area contributed by atoms with Crippen molar-refractivity contribution in [2.75, 3.05) is 6.54 Å². The fraction of sp³-hybridized carbons (Fsp3) is 0.462. The van der Waals surface area contributed by atoms with Gasteiger partial charge in [-0.05, 0) is 12.1 Å². The van der Waals surface area contributed by atoms with E-state index in [-0.39, 0.29) is 12.1 Å². The van der Waals surface area contributed by atoms with Crippen LogP contribution < -0.4 is 5.73 Å². The van der Waals surface area contributed by atoms with Gasteiger partial charge in [-0.2, -0.15) is 0 Å². The number of halogens is 2. The van der Waals surface area contributed by atoms with Crippen LogP contribution in [0.3, 0.4) is 0 Å². The molecule has 18 heavy (non-hydrogen) atoms. The lowest BCUT2D eigenvalue weighted by Gasteiger charge is -2.33. The Morgan fingerprint density at radius 1 is 1.33 bits per heavy atom. The van der Waals surface area contributed by atoms with Gasteiger partial charge in [0.05, 0.1) is 0 Å². The van der Waals surface area contributed by atoms with E-state index in [1.165, 1.54) is 26.0 Å². The summed E-state index contributed by atoms with van der Waals surface area (Å²) in [6, 6.07) is 4.26. The third-order valence-electron chi connectivity index (χ3n) is 3.22. The first-order valence-corrected chi connectivity index (χ1v) is 5.73. The standard InChI is InChI=1S/C13H16F2N2O/c1-8-17-10-5-4-9(6-11(10)18-8)13(14,15)12(2,3)7-16/h4-6H,7,16H2,1-3H3. The topological polar surface area (TPSA) is 52.0 Å². The minimum atomic E-state index is -3.02. The second kappa shape index (κ2) is 4.02. The van der Waals surface area contributed by atoms with E-state index in [0.29, 0.717) is 17.0 Å². The molecule has 0 saturated heterocycles. The smallest absolute Gasteiger partial charge is 0.279 e. The van der Waals surface area contributed by atoms with Crippen molar-refractivity contribution >= 4 is 11.1 Å². The molecule has 0 saturated carbocycles. The van der Waals surface area contributed by atoms with Crippen LogP contribution in [-0.2, 0) is 5.92 Å². The largest absolute Gasteiger partial charge is 0.441 e. The number of nitrogens with two attached hydrogens (primary N) is 1. The SMILES string of the molecule is Cc1nc2ccc(C(F)(F)C(C)(C)CN)cc2o1. The quantitative estimate of drug-likeness (QED) is 0.915. The van der Waals surface area contributed by atoms with Gasteiger partial charge in [-0.1, -0.05) is 19.9 Å². The van der Waals surface area contributed by atoms with Crippen LogP contribution >= 0.6 is 0 Å². The molecule has 0 aliphatic rings. The number of hydrogen-bond acceptors (Lipinski definition) is 3. The molecule has 1 aromatic heterocycles. The zero-order valence-corrected chi connectivity index (χ0v) is 10.6. The fourth-order valence-corrected chi connectivity index (χ4v) is 1.75. The normalized spacial score (nSPS) is 13.2. The number of rotatable bonds is 3. The first-order chi connectivity index (χ1) is 8.28. The fourth-order valence-electron chi connectivity index (χ4n) is 1.75. The van der Waals surface area contributed by atoms with Gasteiger partial charge in [0, 0.05) is 24.4 Å². The number of benzene rings is 1. The van der Waals surface area contributed by atoms with Crippen molar-refractivity contribution in [2.45, 2.75) is 26.7 Å². The Kier molecular flexibility index (Phi) is 2.89. The molecule has 0 aliphatic carbocycles. The van der Waals surface area contributed by atoms with Crippen LogP contribution in [0.15, 0.2) is 22.6 Å². The highest BCUT2D eigenvalue weighted by molar-refractivity contribution is 5.73. The van der Waals surface area contributed by atoms with E-state index in [0.717, 1.165) is 0 Å². The monoisotopic (exact) mass is 254 g/mol. The number of fused-ring (bicyclic) bond motifs is 1. The van der Waals surface area contributed by atoms with Crippen LogP contribution in [0.4, 0.5) is 8.78 Å². The molecular formula is C13H16F2N2O. The van der Waals surface area contributed by atoms with Gasteiger partial charge < -0.3 is 10.2 Å². The molecule has 0 unspecified atom stereocenters. The lowest BCUT2D eigenvalue weighted by Crippen LogP contribution is -2.40. The number of hydrogen-bond donors (Lipinski definition) is 1. The van der Waals surface area contributed by atoms with Crippen molar-refractivity contribution < 1.29 is 13.2 Å². The molecule has 98 valence electrons. The van der Waals surface area contributed by atoms with Crippen molar-refractivity contribution in [3.8, 4) is 0 Å². The van der Waals surface area contributed by atoms with Crippen LogP contribution in [0.25, 0.3) is 11.1 Å². The summed E-state index contributed by atoms with van der Waals surface area (Å²) in [5.74, 6) is -2.56. The van der Waals surface area contributed by atoms with Gasteiger partial charge >= 0.3 is 0 Å². The van der Waals surface area contributed by atoms with E-state index in [1.807, 2.05) is 0 Å². The first kappa shape index (κ1) is 13.0. The summed E-state index contributed by atoms with van der Waals surface area (Å²) < 4.78 is 33.9. The van der Waals surface area contributed by atoms with Gasteiger partial charge in [-0.3, -0.25) is 0 Å². The summed E-state index contributed by atoms with van der Waals surface area (Å²) in [6.07, 6.45) is 0. The molecule has 0 atom stereocenters. The molecule has 2 N–H and O–H groups in total. The van der Waals surface area contributed by atoms with Crippen LogP contribution in [-0.4, -0.2) is 11.5 Å². The van der Waals surface area contributed by atoms with E-state index in [2.05, 4.69) is 4.98 Å². The molecular weight excluding hydrogens is 238 g/mol. The van der Waals surface area contributed by atoms with E-state index < -0.39 is 11.3 Å². The van der Waals surface area contributed by atoms with Gasteiger partial charge in [0.2, 0.25) is 0 Å². The minimum absolute atomic E-state index is 0.0957. The Morgan fingerprint density at radius 2 is 2.00 bits per heavy atom. The molecule has 1 aromatic carbocycles. The molecule has 2 aromatic rings. The molecule has 2 rings (SSSR count). The highest BCUT2D eigenvalue weighted by Crippen LogP contribution is 2.44. The Hall–Kier alpha value is -1.49. The summed E-state index contributed by atoms with van der Waals surface area (Å²) in [7, 11) is 0. The Bertz CT molecular complexity index is 575. The molecule has 5 heteroatoms. The Labute approximate surface area is 104 Å². The molecule has 3 nitrogen and oxygen atoms in total. The number of aromatic nitrogens is 1. The second-order valence-corrected chi connectivity index (χ2v) is 5.08. The van der Waals surface area contributed by atoms with Gasteiger partial charge in [-0.15, -0.1) is 0 Å². The van der Waals surface area contributed by atoms with Crippen molar-refractivity contribution in [1.82, 2.24) is 4.98 Å². The molecule has 0 spiro atoms. The summed E-state index contributed by atoms with van der Waals surface area (Å²) in [5.41, 5.74) is 4.98. The lowest BCUT2D eigenvalue weighted by molar-refractivity contribution is -0.108. The lowest BCUT2D eigenvalue weighted by atomic mass is 9.81. The average molecular weight is 254 g/mol. The maximum absolute atomic E-state index is 14.3. The zero-order chi connectivity index (χ0) is 13.6. The molecule has 0 aliphatic heterocycles. The average Bonchev–Trinajstić information content (AvgIpc) is 2.67. The summed E-state index contributed by atoms with van der Waals surface area (Å²) in [4.78, 5) is 4.08. The molecule has 0 bridgehead atoms. The zero-order valence-electron chi connectivity index (χ0n) is 10.6. The van der Waals surface area contributed by atoms with Crippen molar-refractivity contribution in [3.05, 3.63) is 29.7 Å². The predicted molar refractivity (Wildman–Crippen MR) is 65.5 cm³/mol. The van der Waals surface area contributed by atoms with Crippen molar-refractivity contribution in [2.24, 2.45) is 11.1 Å². The number of oxazole rings is 1. The maximum atomic E-state index is 14.3. The van der Waals surface area contributed by atoms with E-state index in [1.54, 1.807) is 13.0 Å². The van der Waals surface area contributed by atoms with Gasteiger partial charge in [0.1, 0.15) is 5.52 Å². The molecule has 0 radical (unpaired) electrons. The third-order valence-corrected chi connectivity index (χ3v) is 3.22. The van der Waals surface area contributed by atoms with Crippen molar-refractivity contribution in [3.63, 3.8) is 0 Å². The van der Waals surface area contributed by atoms with E-state index in [9.17, 15) is 8.78 Å². The number of alkyl halides is 2. The van der Waals surface area contributed by atoms with Crippen LogP contribution in [0.1, 0.15) is 25.3 Å². The third kappa shape index (κ3) is 1.88. The number of nitrogens with zero attached hydrogens (tertiary/aromatic N) is 1. The molecule has 1 heterocycles. The number of aryl methyl sites for hydroxylation is 1. The van der Waals surface area contributed by atoms with Gasteiger partial charge in [0.25, 0.3) is 5.92 Å². The second-order valence-electron chi connectivity index (χ2n) is 5.08. The maximum Gasteiger partial charge on any atom is 0.279 e. The molecule has 0 fully saturated rings. The van der Waals surface area contributed by atoms with Crippen LogP contribution in [0.5, 0.6) is 0 Å². The summed E-state index contributed by atoms with van der Waals surface area (Å²) in [5, 5.41) is 0. The summed E-state index contributed by atoms with van der Waals surface area (Å²) in [6.45, 7) is 4.47. The highest BCUT2D eigenvalue weighted by atomic mass is 19.3. The van der Waals surface area contributed by atoms with Gasteiger partial charge in [-0.25, -0.2) is 13.8 Å². The van der Waals surface area contributed by atoms with E-state index >= 15 is 0 Å². The summed E-state index contributed by atoms with van der Waals surface area (Å²) >= 11 is 0. The Morgan fingerprint density at radius 3 is 2.61 bits per heavy atom. The Balaban J connectivity index is 2.53. The van der Waals surface area contributed by atoms with Crippen molar-refractivity contribution in [1.29, 1.82) is 0 Å². The van der Waals surface area contributed by atoms with E-state index in [4.69, 9.17) is 10.2 Å².